The molecule has 0 aromatic carbocycles. The molecule has 0 spiro atoms. The number of hydrogen-bond acceptors (Lipinski definition) is 5. The molecule has 0 aliphatic heterocycles. The Hall–Kier alpha value is -2.44. The molecule has 0 aliphatic carbocycles. The number of anilines is 1. The van der Waals surface area contributed by atoms with Crippen molar-refractivity contribution < 1.29 is 4.92 Å². The van der Waals surface area contributed by atoms with E-state index in [1.807, 2.05) is 17.7 Å². The number of pyridine rings is 1. The molecule has 0 amide bonds. The van der Waals surface area contributed by atoms with Gasteiger partial charge in [-0.05, 0) is 19.9 Å². The Morgan fingerprint density at radius 3 is 2.89 bits per heavy atom. The van der Waals surface area contributed by atoms with Gasteiger partial charge in [0.1, 0.15) is 11.5 Å². The van der Waals surface area contributed by atoms with E-state index in [0.29, 0.717) is 11.5 Å². The topological polar surface area (TPSA) is 85.9 Å². The van der Waals surface area contributed by atoms with Crippen LogP contribution in [0.1, 0.15) is 12.6 Å². The van der Waals surface area contributed by atoms with Crippen LogP contribution < -0.4 is 5.32 Å². The van der Waals surface area contributed by atoms with Crippen molar-refractivity contribution in [3.05, 3.63) is 46.7 Å². The number of nitrogens with one attached hydrogen (secondary N) is 1. The summed E-state index contributed by atoms with van der Waals surface area (Å²) in [5.74, 6) is 0.635. The van der Waals surface area contributed by atoms with E-state index in [-0.39, 0.29) is 11.7 Å². The van der Waals surface area contributed by atoms with Gasteiger partial charge in [-0.1, -0.05) is 0 Å². The molecule has 2 aromatic rings. The van der Waals surface area contributed by atoms with Crippen molar-refractivity contribution in [2.75, 3.05) is 5.32 Å². The molecule has 7 nitrogen and oxygen atoms in total. The maximum Gasteiger partial charge on any atom is 0.290 e. The SMILES string of the molecule is Cc1nc(NC(C)Cn2ccnc2)ccc1[N+](=O)[O-]. The number of nitro groups is 1. The van der Waals surface area contributed by atoms with Crippen molar-refractivity contribution in [2.24, 2.45) is 0 Å². The Kier molecular flexibility index (Phi) is 3.74. The van der Waals surface area contributed by atoms with Crippen molar-refractivity contribution in [3.63, 3.8) is 0 Å². The van der Waals surface area contributed by atoms with Crippen molar-refractivity contribution in [3.8, 4) is 0 Å². The molecular formula is C12H15N5O2. The summed E-state index contributed by atoms with van der Waals surface area (Å²) in [6.07, 6.45) is 5.35. The second kappa shape index (κ2) is 5.47. The first-order valence-electron chi connectivity index (χ1n) is 5.90. The number of aryl methyl sites for hydroxylation is 1. The van der Waals surface area contributed by atoms with Gasteiger partial charge in [0.25, 0.3) is 5.69 Å². The monoisotopic (exact) mass is 261 g/mol. The van der Waals surface area contributed by atoms with Crippen molar-refractivity contribution >= 4 is 11.5 Å². The molecule has 100 valence electrons. The van der Waals surface area contributed by atoms with E-state index in [9.17, 15) is 10.1 Å². The number of imidazole rings is 1. The quantitative estimate of drug-likeness (QED) is 0.657. The molecule has 0 fully saturated rings. The molecule has 1 unspecified atom stereocenters. The summed E-state index contributed by atoms with van der Waals surface area (Å²) in [5.41, 5.74) is 0.442. The van der Waals surface area contributed by atoms with E-state index < -0.39 is 4.92 Å². The summed E-state index contributed by atoms with van der Waals surface area (Å²) in [6, 6.07) is 3.23. The summed E-state index contributed by atoms with van der Waals surface area (Å²) in [6.45, 7) is 4.39. The minimum Gasteiger partial charge on any atom is -0.366 e. The largest absolute Gasteiger partial charge is 0.366 e. The van der Waals surface area contributed by atoms with Crippen LogP contribution >= 0.6 is 0 Å². The Bertz CT molecular complexity index is 568. The van der Waals surface area contributed by atoms with Crippen LogP contribution in [0.2, 0.25) is 0 Å². The summed E-state index contributed by atoms with van der Waals surface area (Å²) in [5, 5.41) is 13.9. The average Bonchev–Trinajstić information content (AvgIpc) is 2.81. The molecule has 2 aromatic heterocycles. The van der Waals surface area contributed by atoms with E-state index in [1.54, 1.807) is 25.5 Å². The molecule has 0 bridgehead atoms. The smallest absolute Gasteiger partial charge is 0.290 e. The summed E-state index contributed by atoms with van der Waals surface area (Å²) in [4.78, 5) is 18.4. The highest BCUT2D eigenvalue weighted by molar-refractivity contribution is 5.45. The Balaban J connectivity index is 2.03. The average molecular weight is 261 g/mol. The fraction of sp³-hybridized carbons (Fsp3) is 0.333. The number of rotatable bonds is 5. The van der Waals surface area contributed by atoms with E-state index in [1.165, 1.54) is 6.07 Å². The molecule has 0 saturated carbocycles. The molecule has 0 aliphatic rings. The zero-order valence-corrected chi connectivity index (χ0v) is 10.8. The Morgan fingerprint density at radius 1 is 1.53 bits per heavy atom. The van der Waals surface area contributed by atoms with Crippen molar-refractivity contribution in [1.82, 2.24) is 14.5 Å². The van der Waals surface area contributed by atoms with Gasteiger partial charge in [0, 0.05) is 31.0 Å². The molecule has 1 atom stereocenters. The first-order valence-corrected chi connectivity index (χ1v) is 5.90. The number of nitrogens with zero attached hydrogens (tertiary/aromatic N) is 4. The summed E-state index contributed by atoms with van der Waals surface area (Å²) < 4.78 is 1.95. The number of aromatic nitrogens is 3. The third-order valence-electron chi connectivity index (χ3n) is 2.69. The summed E-state index contributed by atoms with van der Waals surface area (Å²) >= 11 is 0. The first-order chi connectivity index (χ1) is 9.06. The van der Waals surface area contributed by atoms with Gasteiger partial charge in [-0.2, -0.15) is 0 Å². The van der Waals surface area contributed by atoms with Crippen molar-refractivity contribution in [1.29, 1.82) is 0 Å². The first kappa shape index (κ1) is 13.0. The van der Waals surface area contributed by atoms with Crippen LogP contribution in [0.4, 0.5) is 11.5 Å². The predicted molar refractivity (Wildman–Crippen MR) is 70.9 cm³/mol. The van der Waals surface area contributed by atoms with Gasteiger partial charge in [0.05, 0.1) is 11.3 Å². The standard InChI is InChI=1S/C12H15N5O2/c1-9(7-16-6-5-13-8-16)14-12-4-3-11(17(18)19)10(2)15-12/h3-6,8-9H,7H2,1-2H3,(H,14,15). The zero-order valence-electron chi connectivity index (χ0n) is 10.8. The summed E-state index contributed by atoms with van der Waals surface area (Å²) in [7, 11) is 0. The van der Waals surface area contributed by atoms with Gasteiger partial charge < -0.3 is 9.88 Å². The lowest BCUT2D eigenvalue weighted by Gasteiger charge is -2.15. The maximum atomic E-state index is 10.7. The molecule has 0 radical (unpaired) electrons. The number of hydrogen-bond donors (Lipinski definition) is 1. The van der Waals surface area contributed by atoms with E-state index >= 15 is 0 Å². The van der Waals surface area contributed by atoms with Crippen LogP contribution in [-0.2, 0) is 6.54 Å². The van der Waals surface area contributed by atoms with E-state index in [4.69, 9.17) is 0 Å². The predicted octanol–water partition coefficient (Wildman–Crippen LogP) is 2.00. The lowest BCUT2D eigenvalue weighted by molar-refractivity contribution is -0.385. The van der Waals surface area contributed by atoms with Crippen LogP contribution in [0, 0.1) is 17.0 Å². The molecular weight excluding hydrogens is 246 g/mol. The molecule has 0 saturated heterocycles. The van der Waals surface area contributed by atoms with Crippen LogP contribution in [-0.4, -0.2) is 25.5 Å². The highest BCUT2D eigenvalue weighted by atomic mass is 16.6. The van der Waals surface area contributed by atoms with E-state index in [0.717, 1.165) is 6.54 Å². The fourth-order valence-electron chi connectivity index (χ4n) is 1.84. The second-order valence-electron chi connectivity index (χ2n) is 4.36. The Labute approximate surface area is 110 Å². The molecule has 19 heavy (non-hydrogen) atoms. The fourth-order valence-corrected chi connectivity index (χ4v) is 1.84. The van der Waals surface area contributed by atoms with Crippen LogP contribution in [0.3, 0.4) is 0 Å². The Morgan fingerprint density at radius 2 is 2.32 bits per heavy atom. The third-order valence-corrected chi connectivity index (χ3v) is 2.69. The van der Waals surface area contributed by atoms with Gasteiger partial charge in [-0.3, -0.25) is 10.1 Å². The highest BCUT2D eigenvalue weighted by Crippen LogP contribution is 2.18. The van der Waals surface area contributed by atoms with Crippen LogP contribution in [0.15, 0.2) is 30.9 Å². The van der Waals surface area contributed by atoms with Gasteiger partial charge in [-0.25, -0.2) is 9.97 Å². The van der Waals surface area contributed by atoms with Gasteiger partial charge in [0.2, 0.25) is 0 Å². The highest BCUT2D eigenvalue weighted by Gasteiger charge is 2.12. The normalized spacial score (nSPS) is 12.1. The molecule has 2 rings (SSSR count). The van der Waals surface area contributed by atoms with Crippen molar-refractivity contribution in [2.45, 2.75) is 26.4 Å². The van der Waals surface area contributed by atoms with Crippen LogP contribution in [0.5, 0.6) is 0 Å². The van der Waals surface area contributed by atoms with Gasteiger partial charge in [-0.15, -0.1) is 0 Å². The van der Waals surface area contributed by atoms with E-state index in [2.05, 4.69) is 15.3 Å². The third kappa shape index (κ3) is 3.27. The zero-order chi connectivity index (χ0) is 13.8. The maximum absolute atomic E-state index is 10.7. The minimum atomic E-state index is -0.430. The van der Waals surface area contributed by atoms with Gasteiger partial charge >= 0.3 is 0 Å². The lowest BCUT2D eigenvalue weighted by Crippen LogP contribution is -2.22. The molecule has 2 heterocycles. The minimum absolute atomic E-state index is 0.0350. The molecule has 7 heteroatoms. The second-order valence-corrected chi connectivity index (χ2v) is 4.36. The molecule has 1 N–H and O–H groups in total. The lowest BCUT2D eigenvalue weighted by atomic mass is 10.3. The van der Waals surface area contributed by atoms with Gasteiger partial charge in [0.15, 0.2) is 0 Å². The van der Waals surface area contributed by atoms with Crippen LogP contribution in [0.25, 0.3) is 0 Å².